The van der Waals surface area contributed by atoms with Crippen molar-refractivity contribution >= 4 is 23.4 Å². The molecule has 2 aromatic rings. The van der Waals surface area contributed by atoms with Crippen molar-refractivity contribution in [2.45, 2.75) is 12.7 Å². The van der Waals surface area contributed by atoms with Crippen molar-refractivity contribution in [1.82, 2.24) is 19.8 Å². The summed E-state index contributed by atoms with van der Waals surface area (Å²) in [6.45, 7) is 1.88. The summed E-state index contributed by atoms with van der Waals surface area (Å²) in [6, 6.07) is 3.69. The highest BCUT2D eigenvalue weighted by Gasteiger charge is 2.07. The van der Waals surface area contributed by atoms with Gasteiger partial charge in [0, 0.05) is 0 Å². The first-order valence-electron chi connectivity index (χ1n) is 4.64. The highest BCUT2D eigenvalue weighted by Crippen LogP contribution is 2.11. The summed E-state index contributed by atoms with van der Waals surface area (Å²) in [5.41, 5.74) is 1.55. The smallest absolute Gasteiger partial charge is 0.313 e. The Morgan fingerprint density at radius 2 is 2.31 bits per heavy atom. The van der Waals surface area contributed by atoms with Gasteiger partial charge < -0.3 is 5.11 Å². The molecule has 0 fully saturated rings. The molecule has 0 aromatic carbocycles. The molecular weight excluding hydrogens is 228 g/mol. The van der Waals surface area contributed by atoms with Gasteiger partial charge in [0.25, 0.3) is 0 Å². The number of nitrogens with zero attached hydrogens (tertiary/aromatic N) is 4. The third-order valence-corrected chi connectivity index (χ3v) is 2.83. The molecular formula is C9H10N4O2S. The molecule has 0 saturated carbocycles. The molecule has 0 unspecified atom stereocenters. The molecule has 16 heavy (non-hydrogen) atoms. The predicted octanol–water partition coefficient (Wildman–Crippen LogP) is 0.751. The summed E-state index contributed by atoms with van der Waals surface area (Å²) in [5, 5.41) is 20.7. The van der Waals surface area contributed by atoms with E-state index in [-0.39, 0.29) is 5.75 Å². The molecule has 2 aromatic heterocycles. The maximum absolute atomic E-state index is 10.4. The van der Waals surface area contributed by atoms with E-state index in [9.17, 15) is 4.79 Å². The van der Waals surface area contributed by atoms with Gasteiger partial charge in [0.2, 0.25) is 0 Å². The van der Waals surface area contributed by atoms with Gasteiger partial charge >= 0.3 is 5.97 Å². The molecule has 0 aliphatic carbocycles. The fraction of sp³-hybridized carbons (Fsp3) is 0.333. The van der Waals surface area contributed by atoms with Crippen LogP contribution in [0.3, 0.4) is 0 Å². The fourth-order valence-electron chi connectivity index (χ4n) is 1.24. The second-order valence-corrected chi connectivity index (χ2v) is 4.23. The zero-order chi connectivity index (χ0) is 11.5. The van der Waals surface area contributed by atoms with Crippen LogP contribution in [0.1, 0.15) is 11.5 Å². The lowest BCUT2D eigenvalue weighted by molar-refractivity contribution is -0.133. The number of carboxylic acids is 1. The molecule has 2 heterocycles. The highest BCUT2D eigenvalue weighted by atomic mass is 32.2. The van der Waals surface area contributed by atoms with Crippen LogP contribution in [0.2, 0.25) is 0 Å². The number of aromatic nitrogens is 4. The first-order chi connectivity index (χ1) is 7.66. The lowest BCUT2D eigenvalue weighted by Crippen LogP contribution is -2.02. The lowest BCUT2D eigenvalue weighted by Gasteiger charge is -1.98. The number of aliphatic carboxylic acids is 1. The summed E-state index contributed by atoms with van der Waals surface area (Å²) in [7, 11) is 0. The number of aryl methyl sites for hydroxylation is 1. The Balaban J connectivity index is 2.17. The molecule has 0 atom stereocenters. The maximum atomic E-state index is 10.4. The summed E-state index contributed by atoms with van der Waals surface area (Å²) in [6.07, 6.45) is 0. The Bertz CT molecular complexity index is 525. The van der Waals surface area contributed by atoms with E-state index in [2.05, 4.69) is 15.3 Å². The van der Waals surface area contributed by atoms with Crippen LogP contribution in [0.25, 0.3) is 5.65 Å². The number of carboxylic acid groups (broad SMARTS) is 1. The molecule has 0 amide bonds. The zero-order valence-corrected chi connectivity index (χ0v) is 9.44. The van der Waals surface area contributed by atoms with Crippen LogP contribution in [0.5, 0.6) is 0 Å². The molecule has 0 bridgehead atoms. The quantitative estimate of drug-likeness (QED) is 0.846. The van der Waals surface area contributed by atoms with E-state index < -0.39 is 5.97 Å². The van der Waals surface area contributed by atoms with E-state index >= 15 is 0 Å². The van der Waals surface area contributed by atoms with Gasteiger partial charge in [-0.15, -0.1) is 22.0 Å². The van der Waals surface area contributed by atoms with Crippen LogP contribution < -0.4 is 0 Å². The van der Waals surface area contributed by atoms with Gasteiger partial charge in [0.15, 0.2) is 11.5 Å². The molecule has 84 valence electrons. The number of thioether (sulfide) groups is 1. The first kappa shape index (κ1) is 10.9. The molecule has 1 N–H and O–H groups in total. The van der Waals surface area contributed by atoms with Crippen LogP contribution in [0.4, 0.5) is 0 Å². The van der Waals surface area contributed by atoms with Crippen molar-refractivity contribution in [3.8, 4) is 0 Å². The van der Waals surface area contributed by atoms with Crippen molar-refractivity contribution in [2.24, 2.45) is 0 Å². The second-order valence-electron chi connectivity index (χ2n) is 3.25. The van der Waals surface area contributed by atoms with Crippen molar-refractivity contribution in [3.05, 3.63) is 23.7 Å². The minimum atomic E-state index is -0.831. The third kappa shape index (κ3) is 2.30. The van der Waals surface area contributed by atoms with Crippen molar-refractivity contribution < 1.29 is 9.90 Å². The third-order valence-electron chi connectivity index (χ3n) is 1.92. The first-order valence-corrected chi connectivity index (χ1v) is 5.80. The van der Waals surface area contributed by atoms with E-state index in [1.807, 2.05) is 19.1 Å². The standard InChI is InChI=1S/C9H10N4O2S/c1-6-2-3-7-10-11-8(13(7)12-6)4-16-5-9(14)15/h2-3H,4-5H2,1H3,(H,14,15). The molecule has 0 aliphatic rings. The van der Waals surface area contributed by atoms with Gasteiger partial charge in [-0.25, -0.2) is 0 Å². The van der Waals surface area contributed by atoms with Crippen molar-refractivity contribution in [2.75, 3.05) is 5.75 Å². The summed E-state index contributed by atoms with van der Waals surface area (Å²) >= 11 is 1.28. The zero-order valence-electron chi connectivity index (χ0n) is 8.62. The normalized spacial score (nSPS) is 10.8. The molecule has 6 nitrogen and oxygen atoms in total. The van der Waals surface area contributed by atoms with Gasteiger partial charge in [-0.3, -0.25) is 4.79 Å². The average Bonchev–Trinajstić information content (AvgIpc) is 2.60. The van der Waals surface area contributed by atoms with Crippen LogP contribution in [0, 0.1) is 6.92 Å². The van der Waals surface area contributed by atoms with Gasteiger partial charge in [-0.05, 0) is 19.1 Å². The lowest BCUT2D eigenvalue weighted by atomic mass is 10.4. The molecule has 0 spiro atoms. The highest BCUT2D eigenvalue weighted by molar-refractivity contribution is 7.99. The van der Waals surface area contributed by atoms with E-state index in [1.165, 1.54) is 11.8 Å². The van der Waals surface area contributed by atoms with E-state index in [4.69, 9.17) is 5.11 Å². The molecule has 0 aliphatic heterocycles. The molecule has 7 heteroatoms. The number of fused-ring (bicyclic) bond motifs is 1. The Morgan fingerprint density at radius 3 is 3.06 bits per heavy atom. The topological polar surface area (TPSA) is 80.4 Å². The molecule has 0 saturated heterocycles. The maximum Gasteiger partial charge on any atom is 0.313 e. The predicted molar refractivity (Wildman–Crippen MR) is 59.3 cm³/mol. The van der Waals surface area contributed by atoms with Crippen molar-refractivity contribution in [3.63, 3.8) is 0 Å². The Hall–Kier alpha value is -1.63. The number of hydrogen-bond acceptors (Lipinski definition) is 5. The number of carbonyl (C=O) groups is 1. The van der Waals surface area contributed by atoms with E-state index in [0.717, 1.165) is 5.69 Å². The van der Waals surface area contributed by atoms with Crippen LogP contribution in [-0.4, -0.2) is 36.6 Å². The van der Waals surface area contributed by atoms with Crippen molar-refractivity contribution in [1.29, 1.82) is 0 Å². The van der Waals surface area contributed by atoms with Crippen LogP contribution in [-0.2, 0) is 10.5 Å². The Morgan fingerprint density at radius 1 is 1.50 bits per heavy atom. The average molecular weight is 238 g/mol. The second kappa shape index (κ2) is 4.48. The van der Waals surface area contributed by atoms with Crippen LogP contribution >= 0.6 is 11.8 Å². The SMILES string of the molecule is Cc1ccc2nnc(CSCC(=O)O)n2n1. The number of rotatable bonds is 4. The van der Waals surface area contributed by atoms with Gasteiger partial charge in [-0.2, -0.15) is 9.61 Å². The minimum absolute atomic E-state index is 0.0563. The minimum Gasteiger partial charge on any atom is -0.481 e. The Kier molecular flexibility index (Phi) is 3.04. The Labute approximate surface area is 95.7 Å². The fourth-order valence-corrected chi connectivity index (χ4v) is 1.88. The summed E-state index contributed by atoms with van der Waals surface area (Å²) in [5.74, 6) is 0.387. The van der Waals surface area contributed by atoms with Gasteiger partial charge in [0.05, 0.1) is 17.2 Å². The molecule has 2 rings (SSSR count). The summed E-state index contributed by atoms with van der Waals surface area (Å²) in [4.78, 5) is 10.4. The number of hydrogen-bond donors (Lipinski definition) is 1. The molecule has 0 radical (unpaired) electrons. The van der Waals surface area contributed by atoms with Gasteiger partial charge in [0.1, 0.15) is 0 Å². The van der Waals surface area contributed by atoms with Crippen LogP contribution in [0.15, 0.2) is 12.1 Å². The van der Waals surface area contributed by atoms with Gasteiger partial charge in [-0.1, -0.05) is 0 Å². The van der Waals surface area contributed by atoms with E-state index in [0.29, 0.717) is 17.2 Å². The van der Waals surface area contributed by atoms with E-state index in [1.54, 1.807) is 4.52 Å². The summed E-state index contributed by atoms with van der Waals surface area (Å²) < 4.78 is 1.64. The largest absolute Gasteiger partial charge is 0.481 e. The monoisotopic (exact) mass is 238 g/mol.